The molecule has 0 bridgehead atoms. The fourth-order valence-corrected chi connectivity index (χ4v) is 1.25. The van der Waals surface area contributed by atoms with Crippen molar-refractivity contribution in [3.8, 4) is 0 Å². The monoisotopic (exact) mass is 226 g/mol. The molecule has 0 aromatic carbocycles. The van der Waals surface area contributed by atoms with Crippen LogP contribution in [-0.4, -0.2) is 16.6 Å². The lowest BCUT2D eigenvalue weighted by Gasteiger charge is -1.82. The normalized spacial score (nSPS) is 7.71. The molecule has 0 aliphatic carbocycles. The van der Waals surface area contributed by atoms with E-state index in [1.165, 1.54) is 0 Å². The first kappa shape index (κ1) is 7.41. The van der Waals surface area contributed by atoms with E-state index in [9.17, 15) is 4.79 Å². The van der Waals surface area contributed by atoms with Crippen LogP contribution in [0.25, 0.3) is 0 Å². The summed E-state index contributed by atoms with van der Waals surface area (Å²) in [5, 5.41) is 1.23. The highest BCUT2D eigenvalue weighted by Crippen LogP contribution is 1.97. The van der Waals surface area contributed by atoms with Gasteiger partial charge in [-0.3, -0.25) is 0 Å². The van der Waals surface area contributed by atoms with Crippen LogP contribution in [0, 0.1) is 0 Å². The zero-order valence-electron chi connectivity index (χ0n) is 3.58. The first-order chi connectivity index (χ1) is 3.35. The molecule has 40 valence electrons. The average Bonchev–Trinajstić information content (AvgIpc) is 1.72. The Balaban J connectivity index is 3.61. The minimum atomic E-state index is 0.613. The van der Waals surface area contributed by atoms with E-state index in [4.69, 9.17) is 0 Å². The Morgan fingerprint density at radius 2 is 1.86 bits per heavy atom. The number of halogens is 2. The summed E-state index contributed by atoms with van der Waals surface area (Å²) in [6.45, 7) is 0. The second-order valence-electron chi connectivity index (χ2n) is 0.973. The lowest BCUT2D eigenvalue weighted by Crippen LogP contribution is -1.83. The van der Waals surface area contributed by atoms with Crippen LogP contribution in [0.15, 0.2) is 5.57 Å². The molecule has 0 saturated heterocycles. The van der Waals surface area contributed by atoms with Gasteiger partial charge in [-0.05, 0) is 0 Å². The van der Waals surface area contributed by atoms with Crippen LogP contribution in [0.4, 0.5) is 0 Å². The van der Waals surface area contributed by atoms with Gasteiger partial charge in [0.1, 0.15) is 5.94 Å². The van der Waals surface area contributed by atoms with E-state index in [0.717, 1.165) is 0 Å². The van der Waals surface area contributed by atoms with Crippen molar-refractivity contribution in [3.05, 3.63) is 5.57 Å². The van der Waals surface area contributed by atoms with E-state index in [0.29, 0.717) is 16.2 Å². The van der Waals surface area contributed by atoms with Crippen LogP contribution in [-0.2, 0) is 4.79 Å². The van der Waals surface area contributed by atoms with Gasteiger partial charge in [0.15, 0.2) is 0 Å². The van der Waals surface area contributed by atoms with Crippen LogP contribution in [0.1, 0.15) is 0 Å². The molecular formula is C4H4Br2O. The van der Waals surface area contributed by atoms with E-state index in [2.05, 4.69) is 31.9 Å². The third-order valence-corrected chi connectivity index (χ3v) is 1.82. The highest BCUT2D eigenvalue weighted by atomic mass is 79.9. The highest BCUT2D eigenvalue weighted by Gasteiger charge is 1.88. The van der Waals surface area contributed by atoms with Crippen molar-refractivity contribution in [1.82, 2.24) is 0 Å². The highest BCUT2D eigenvalue weighted by molar-refractivity contribution is 9.10. The molecule has 0 aromatic rings. The lowest BCUT2D eigenvalue weighted by atomic mass is 10.4. The summed E-state index contributed by atoms with van der Waals surface area (Å²) in [5.74, 6) is 1.77. The third kappa shape index (κ3) is 3.03. The third-order valence-electron chi connectivity index (χ3n) is 0.467. The lowest BCUT2D eigenvalue weighted by molar-refractivity contribution is 0.567. The molecule has 0 aliphatic heterocycles. The summed E-state index contributed by atoms with van der Waals surface area (Å²) >= 11 is 6.21. The second kappa shape index (κ2) is 4.57. The molecule has 0 spiro atoms. The maximum Gasteiger partial charge on any atom is 0.125 e. The maximum atomic E-state index is 9.75. The van der Waals surface area contributed by atoms with Crippen molar-refractivity contribution in [2.24, 2.45) is 0 Å². The number of hydrogen-bond acceptors (Lipinski definition) is 1. The number of alkyl halides is 2. The predicted molar refractivity (Wildman–Crippen MR) is 36.8 cm³/mol. The minimum Gasteiger partial charge on any atom is -0.233 e. The first-order valence-corrected chi connectivity index (χ1v) is 3.94. The number of allylic oxidation sites excluding steroid dienone is 1. The molecular weight excluding hydrogens is 224 g/mol. The van der Waals surface area contributed by atoms with Crippen LogP contribution < -0.4 is 0 Å². The SMILES string of the molecule is O=C=C(CBr)CBr. The number of rotatable bonds is 2. The van der Waals surface area contributed by atoms with Gasteiger partial charge in [-0.25, -0.2) is 4.79 Å². The molecule has 3 heteroatoms. The predicted octanol–water partition coefficient (Wildman–Crippen LogP) is 1.53. The second-order valence-corrected chi connectivity index (χ2v) is 2.09. The molecule has 0 rings (SSSR count). The summed E-state index contributed by atoms with van der Waals surface area (Å²) in [6, 6.07) is 0. The van der Waals surface area contributed by atoms with E-state index in [1.807, 2.05) is 0 Å². The van der Waals surface area contributed by atoms with Crippen LogP contribution >= 0.6 is 31.9 Å². The quantitative estimate of drug-likeness (QED) is 0.517. The van der Waals surface area contributed by atoms with Crippen molar-refractivity contribution in [2.75, 3.05) is 10.7 Å². The molecule has 0 unspecified atom stereocenters. The van der Waals surface area contributed by atoms with Crippen molar-refractivity contribution in [2.45, 2.75) is 0 Å². The van der Waals surface area contributed by atoms with E-state index < -0.39 is 0 Å². The summed E-state index contributed by atoms with van der Waals surface area (Å²) in [6.07, 6.45) is 0. The molecule has 0 N–H and O–H groups in total. The molecule has 0 radical (unpaired) electrons. The Bertz CT molecular complexity index is 87.9. The number of hydrogen-bond donors (Lipinski definition) is 0. The Labute approximate surface area is 59.0 Å². The zero-order valence-corrected chi connectivity index (χ0v) is 6.75. The van der Waals surface area contributed by atoms with Gasteiger partial charge in [0, 0.05) is 16.2 Å². The summed E-state index contributed by atoms with van der Waals surface area (Å²) in [4.78, 5) is 9.75. The van der Waals surface area contributed by atoms with Crippen LogP contribution in [0.3, 0.4) is 0 Å². The van der Waals surface area contributed by atoms with Gasteiger partial charge in [0.2, 0.25) is 0 Å². The fourth-order valence-electron chi connectivity index (χ4n) is 0.0903. The largest absolute Gasteiger partial charge is 0.233 e. The summed E-state index contributed by atoms with van der Waals surface area (Å²) < 4.78 is 0. The van der Waals surface area contributed by atoms with Gasteiger partial charge in [-0.2, -0.15) is 0 Å². The Morgan fingerprint density at radius 1 is 1.43 bits per heavy atom. The Hall–Kier alpha value is 0.410. The molecule has 0 saturated carbocycles. The van der Waals surface area contributed by atoms with Crippen molar-refractivity contribution in [3.63, 3.8) is 0 Å². The van der Waals surface area contributed by atoms with Gasteiger partial charge < -0.3 is 0 Å². The van der Waals surface area contributed by atoms with Crippen molar-refractivity contribution in [1.29, 1.82) is 0 Å². The zero-order chi connectivity index (χ0) is 5.70. The summed E-state index contributed by atoms with van der Waals surface area (Å²) in [7, 11) is 0. The molecule has 0 fully saturated rings. The molecule has 0 atom stereocenters. The van der Waals surface area contributed by atoms with Gasteiger partial charge in [-0.1, -0.05) is 31.9 Å². The molecule has 1 nitrogen and oxygen atoms in total. The van der Waals surface area contributed by atoms with Crippen molar-refractivity contribution >= 4 is 37.8 Å². The fraction of sp³-hybridized carbons (Fsp3) is 0.500. The molecule has 0 amide bonds. The average molecular weight is 228 g/mol. The molecule has 0 aliphatic rings. The number of carbonyl (C=O) groups excluding carboxylic acids is 1. The van der Waals surface area contributed by atoms with Crippen LogP contribution in [0.2, 0.25) is 0 Å². The molecule has 7 heavy (non-hydrogen) atoms. The standard InChI is InChI=1S/C4H4Br2O/c5-1-4(2-6)3-7/h1-2H2. The van der Waals surface area contributed by atoms with E-state index in [-0.39, 0.29) is 0 Å². The Morgan fingerprint density at radius 3 is 1.86 bits per heavy atom. The summed E-state index contributed by atoms with van der Waals surface area (Å²) in [5.41, 5.74) is 0.708. The maximum absolute atomic E-state index is 9.75. The first-order valence-electron chi connectivity index (χ1n) is 1.70. The topological polar surface area (TPSA) is 17.1 Å². The molecule has 0 heterocycles. The smallest absolute Gasteiger partial charge is 0.125 e. The van der Waals surface area contributed by atoms with Crippen molar-refractivity contribution < 1.29 is 4.79 Å². The van der Waals surface area contributed by atoms with Gasteiger partial charge in [0.25, 0.3) is 0 Å². The van der Waals surface area contributed by atoms with Gasteiger partial charge in [-0.15, -0.1) is 0 Å². The van der Waals surface area contributed by atoms with E-state index in [1.54, 1.807) is 5.94 Å². The van der Waals surface area contributed by atoms with Gasteiger partial charge in [0.05, 0.1) is 0 Å². The Kier molecular flexibility index (Phi) is 4.83. The minimum absolute atomic E-state index is 0.613. The molecule has 0 aromatic heterocycles. The van der Waals surface area contributed by atoms with E-state index >= 15 is 0 Å². The van der Waals surface area contributed by atoms with Gasteiger partial charge >= 0.3 is 0 Å². The van der Waals surface area contributed by atoms with Crippen LogP contribution in [0.5, 0.6) is 0 Å².